The van der Waals surface area contributed by atoms with Gasteiger partial charge < -0.3 is 20.1 Å². The van der Waals surface area contributed by atoms with Gasteiger partial charge in [-0.3, -0.25) is 14.4 Å². The van der Waals surface area contributed by atoms with Crippen molar-refractivity contribution in [1.82, 2.24) is 4.90 Å². The lowest BCUT2D eigenvalue weighted by atomic mass is 9.96. The fourth-order valence-electron chi connectivity index (χ4n) is 2.71. The van der Waals surface area contributed by atoms with Crippen molar-refractivity contribution in [3.63, 3.8) is 0 Å². The van der Waals surface area contributed by atoms with E-state index in [4.69, 9.17) is 9.84 Å². The number of carboxylic acid groups (broad SMARTS) is 1. The summed E-state index contributed by atoms with van der Waals surface area (Å²) in [5.74, 6) is -1.51. The van der Waals surface area contributed by atoms with E-state index in [0.29, 0.717) is 43.8 Å². The highest BCUT2D eigenvalue weighted by atomic mass is 16.5. The molecule has 1 heterocycles. The van der Waals surface area contributed by atoms with E-state index in [-0.39, 0.29) is 24.3 Å². The molecule has 1 aromatic carbocycles. The third-order valence-electron chi connectivity index (χ3n) is 4.13. The van der Waals surface area contributed by atoms with E-state index in [2.05, 4.69) is 5.32 Å². The standard InChI is InChI=1S/C18H24N2O5/c1-2-11-25-12-16(21)19-15-5-3-13(4-6-15)17(22)20-9-7-14(8-10-20)18(23)24/h3-6,14H,2,7-12H2,1H3,(H,19,21)(H,23,24). The van der Waals surface area contributed by atoms with Crippen molar-refractivity contribution in [2.24, 2.45) is 5.92 Å². The number of ether oxygens (including phenoxy) is 1. The first kappa shape index (κ1) is 18.9. The van der Waals surface area contributed by atoms with E-state index >= 15 is 0 Å². The molecule has 2 rings (SSSR count). The van der Waals surface area contributed by atoms with Gasteiger partial charge in [0.15, 0.2) is 0 Å². The molecular formula is C18H24N2O5. The van der Waals surface area contributed by atoms with E-state index in [0.717, 1.165) is 6.42 Å². The summed E-state index contributed by atoms with van der Waals surface area (Å²) >= 11 is 0. The average Bonchev–Trinajstić information content (AvgIpc) is 2.62. The minimum Gasteiger partial charge on any atom is -0.481 e. The molecule has 0 bridgehead atoms. The number of benzene rings is 1. The van der Waals surface area contributed by atoms with Crippen molar-refractivity contribution in [3.05, 3.63) is 29.8 Å². The Kier molecular flexibility index (Phi) is 6.94. The fraction of sp³-hybridized carbons (Fsp3) is 0.500. The van der Waals surface area contributed by atoms with Crippen LogP contribution in [0, 0.1) is 5.92 Å². The first-order valence-electron chi connectivity index (χ1n) is 8.51. The molecule has 0 unspecified atom stereocenters. The molecule has 1 saturated heterocycles. The molecule has 7 nitrogen and oxygen atoms in total. The molecule has 0 saturated carbocycles. The molecule has 136 valence electrons. The first-order valence-corrected chi connectivity index (χ1v) is 8.51. The number of amides is 2. The van der Waals surface area contributed by atoms with E-state index in [1.807, 2.05) is 6.92 Å². The second-order valence-electron chi connectivity index (χ2n) is 6.08. The Hall–Kier alpha value is -2.41. The number of hydrogen-bond acceptors (Lipinski definition) is 4. The summed E-state index contributed by atoms with van der Waals surface area (Å²) in [6.07, 6.45) is 1.81. The SMILES string of the molecule is CCCOCC(=O)Nc1ccc(C(=O)N2CCC(C(=O)O)CC2)cc1. The maximum Gasteiger partial charge on any atom is 0.306 e. The third-order valence-corrected chi connectivity index (χ3v) is 4.13. The number of nitrogens with zero attached hydrogens (tertiary/aromatic N) is 1. The quantitative estimate of drug-likeness (QED) is 0.735. The third kappa shape index (κ3) is 5.56. The van der Waals surface area contributed by atoms with Crippen LogP contribution >= 0.6 is 0 Å². The van der Waals surface area contributed by atoms with Gasteiger partial charge in [0.1, 0.15) is 6.61 Å². The maximum atomic E-state index is 12.5. The Morgan fingerprint density at radius 1 is 1.20 bits per heavy atom. The van der Waals surface area contributed by atoms with Crippen LogP contribution in [0.2, 0.25) is 0 Å². The van der Waals surface area contributed by atoms with Gasteiger partial charge in [-0.05, 0) is 43.5 Å². The predicted octanol–water partition coefficient (Wildman–Crippen LogP) is 1.99. The molecule has 1 aliphatic rings. The molecule has 1 aromatic rings. The zero-order chi connectivity index (χ0) is 18.2. The summed E-state index contributed by atoms with van der Waals surface area (Å²) in [7, 11) is 0. The highest BCUT2D eigenvalue weighted by molar-refractivity contribution is 5.96. The highest BCUT2D eigenvalue weighted by Crippen LogP contribution is 2.20. The molecule has 0 radical (unpaired) electrons. The molecule has 7 heteroatoms. The molecule has 1 fully saturated rings. The predicted molar refractivity (Wildman–Crippen MR) is 92.4 cm³/mol. The van der Waals surface area contributed by atoms with Gasteiger partial charge in [-0.15, -0.1) is 0 Å². The van der Waals surface area contributed by atoms with Crippen molar-refractivity contribution in [3.8, 4) is 0 Å². The summed E-state index contributed by atoms with van der Waals surface area (Å²) in [6, 6.07) is 6.67. The summed E-state index contributed by atoms with van der Waals surface area (Å²) in [4.78, 5) is 36.8. The molecule has 0 aromatic heterocycles. The van der Waals surface area contributed by atoms with Crippen LogP contribution in [0.25, 0.3) is 0 Å². The summed E-state index contributed by atoms with van der Waals surface area (Å²) in [5, 5.41) is 11.7. The van der Waals surface area contributed by atoms with E-state index < -0.39 is 5.97 Å². The number of anilines is 1. The van der Waals surface area contributed by atoms with Gasteiger partial charge in [0.25, 0.3) is 5.91 Å². The number of likely N-dealkylation sites (tertiary alicyclic amines) is 1. The fourth-order valence-corrected chi connectivity index (χ4v) is 2.71. The van der Waals surface area contributed by atoms with Crippen molar-refractivity contribution in [1.29, 1.82) is 0 Å². The normalized spacial score (nSPS) is 15.0. The average molecular weight is 348 g/mol. The molecule has 0 spiro atoms. The second-order valence-corrected chi connectivity index (χ2v) is 6.08. The van der Waals surface area contributed by atoms with Crippen LogP contribution in [-0.2, 0) is 14.3 Å². The number of nitrogens with one attached hydrogen (secondary N) is 1. The number of hydrogen-bond donors (Lipinski definition) is 2. The van der Waals surface area contributed by atoms with Crippen molar-refractivity contribution in [2.45, 2.75) is 26.2 Å². The Bertz CT molecular complexity index is 606. The minimum absolute atomic E-state index is 0.00699. The van der Waals surface area contributed by atoms with E-state index in [9.17, 15) is 14.4 Å². The van der Waals surface area contributed by atoms with Gasteiger partial charge in [0.05, 0.1) is 5.92 Å². The second kappa shape index (κ2) is 9.17. The molecule has 0 atom stereocenters. The summed E-state index contributed by atoms with van der Waals surface area (Å²) < 4.78 is 5.17. The van der Waals surface area contributed by atoms with Crippen LogP contribution in [0.3, 0.4) is 0 Å². The van der Waals surface area contributed by atoms with Crippen LogP contribution in [0.1, 0.15) is 36.5 Å². The van der Waals surface area contributed by atoms with Gasteiger partial charge >= 0.3 is 5.97 Å². The Labute approximate surface area is 147 Å². The van der Waals surface area contributed by atoms with Crippen molar-refractivity contribution in [2.75, 3.05) is 31.6 Å². The maximum absolute atomic E-state index is 12.5. The van der Waals surface area contributed by atoms with Crippen molar-refractivity contribution < 1.29 is 24.2 Å². The number of aliphatic carboxylic acids is 1. The smallest absolute Gasteiger partial charge is 0.306 e. The van der Waals surface area contributed by atoms with E-state index in [1.54, 1.807) is 29.2 Å². The number of carbonyl (C=O) groups excluding carboxylic acids is 2. The first-order chi connectivity index (χ1) is 12.0. The summed E-state index contributed by atoms with van der Waals surface area (Å²) in [5.41, 5.74) is 1.13. The monoisotopic (exact) mass is 348 g/mol. The van der Waals surface area contributed by atoms with Crippen LogP contribution in [0.5, 0.6) is 0 Å². The number of carbonyl (C=O) groups is 3. The van der Waals surface area contributed by atoms with Crippen LogP contribution in [-0.4, -0.2) is 54.1 Å². The Morgan fingerprint density at radius 2 is 1.84 bits per heavy atom. The lowest BCUT2D eigenvalue weighted by molar-refractivity contribution is -0.143. The molecule has 2 amide bonds. The van der Waals surface area contributed by atoms with Crippen LogP contribution in [0.4, 0.5) is 5.69 Å². The number of piperidine rings is 1. The van der Waals surface area contributed by atoms with Crippen LogP contribution < -0.4 is 5.32 Å². The number of rotatable bonds is 7. The molecule has 1 aliphatic heterocycles. The Balaban J connectivity index is 1.86. The minimum atomic E-state index is -0.796. The van der Waals surface area contributed by atoms with Crippen LogP contribution in [0.15, 0.2) is 24.3 Å². The van der Waals surface area contributed by atoms with Gasteiger partial charge in [-0.2, -0.15) is 0 Å². The topological polar surface area (TPSA) is 95.9 Å². The zero-order valence-electron chi connectivity index (χ0n) is 14.4. The zero-order valence-corrected chi connectivity index (χ0v) is 14.4. The molecular weight excluding hydrogens is 324 g/mol. The van der Waals surface area contributed by atoms with Gasteiger partial charge in [-0.25, -0.2) is 0 Å². The Morgan fingerprint density at radius 3 is 2.40 bits per heavy atom. The summed E-state index contributed by atoms with van der Waals surface area (Å²) in [6.45, 7) is 3.41. The highest BCUT2D eigenvalue weighted by Gasteiger charge is 2.27. The van der Waals surface area contributed by atoms with Gasteiger partial charge in [0, 0.05) is 30.9 Å². The lowest BCUT2D eigenvalue weighted by Crippen LogP contribution is -2.40. The van der Waals surface area contributed by atoms with Gasteiger partial charge in [0.2, 0.25) is 5.91 Å². The molecule has 25 heavy (non-hydrogen) atoms. The lowest BCUT2D eigenvalue weighted by Gasteiger charge is -2.30. The van der Waals surface area contributed by atoms with Crippen molar-refractivity contribution >= 4 is 23.5 Å². The molecule has 2 N–H and O–H groups in total. The largest absolute Gasteiger partial charge is 0.481 e. The molecule has 0 aliphatic carbocycles. The van der Waals surface area contributed by atoms with Gasteiger partial charge in [-0.1, -0.05) is 6.92 Å². The number of carboxylic acids is 1. The van der Waals surface area contributed by atoms with E-state index in [1.165, 1.54) is 0 Å².